The predicted octanol–water partition coefficient (Wildman–Crippen LogP) is 1.11. The summed E-state index contributed by atoms with van der Waals surface area (Å²) in [6.45, 7) is 2.64. The fourth-order valence-electron chi connectivity index (χ4n) is 3.65. The van der Waals surface area contributed by atoms with Crippen LogP contribution in [0.15, 0.2) is 29.1 Å². The maximum atomic E-state index is 13.3. The molecule has 0 spiro atoms. The van der Waals surface area contributed by atoms with Gasteiger partial charge in [-0.15, -0.1) is 0 Å². The second-order valence-corrected chi connectivity index (χ2v) is 9.28. The van der Waals surface area contributed by atoms with Gasteiger partial charge in [0, 0.05) is 13.7 Å². The lowest BCUT2D eigenvalue weighted by Gasteiger charge is -2.20. The van der Waals surface area contributed by atoms with E-state index in [2.05, 4.69) is 15.6 Å². The first-order valence-corrected chi connectivity index (χ1v) is 12.3. The molecular formula is C21H27FN4O6S. The van der Waals surface area contributed by atoms with Crippen molar-refractivity contribution in [1.82, 2.24) is 20.2 Å². The Morgan fingerprint density at radius 3 is 2.58 bits per heavy atom. The molecule has 1 aromatic heterocycles. The lowest BCUT2D eigenvalue weighted by molar-refractivity contribution is 0.0808. The zero-order valence-electron chi connectivity index (χ0n) is 18.6. The number of methoxy groups -OCH3 is 1. The number of nitrogens with one attached hydrogen (secondary N) is 2. The molecule has 3 rings (SSSR count). The summed E-state index contributed by atoms with van der Waals surface area (Å²) in [7, 11) is -2.60. The van der Waals surface area contributed by atoms with Crippen LogP contribution in [0.3, 0.4) is 0 Å². The molecule has 12 heteroatoms. The summed E-state index contributed by atoms with van der Waals surface area (Å²) >= 11 is 0. The molecule has 2 aromatic rings. The van der Waals surface area contributed by atoms with Gasteiger partial charge in [-0.3, -0.25) is 14.2 Å². The highest BCUT2D eigenvalue weighted by molar-refractivity contribution is 7.86. The van der Waals surface area contributed by atoms with Crippen LogP contribution in [-0.2, 0) is 27.9 Å². The van der Waals surface area contributed by atoms with Crippen molar-refractivity contribution >= 4 is 16.0 Å². The van der Waals surface area contributed by atoms with Gasteiger partial charge in [0.25, 0.3) is 11.5 Å². The van der Waals surface area contributed by atoms with Crippen LogP contribution in [0, 0.1) is 5.82 Å². The fourth-order valence-corrected chi connectivity index (χ4v) is 4.11. The third-order valence-corrected chi connectivity index (χ3v) is 5.70. The molecule has 1 aliphatic heterocycles. The Balaban J connectivity index is 2.06. The largest absolute Gasteiger partial charge is 0.380 e. The van der Waals surface area contributed by atoms with Gasteiger partial charge in [-0.1, -0.05) is 19.1 Å². The van der Waals surface area contributed by atoms with Crippen molar-refractivity contribution in [3.8, 4) is 5.75 Å². The van der Waals surface area contributed by atoms with Gasteiger partial charge in [-0.05, 0) is 37.1 Å². The number of amides is 1. The molecule has 2 N–H and O–H groups in total. The number of nitrogens with zero attached hydrogens (tertiary/aromatic N) is 2. The first-order valence-electron chi connectivity index (χ1n) is 10.5. The third-order valence-electron chi connectivity index (χ3n) is 5.23. The van der Waals surface area contributed by atoms with Crippen molar-refractivity contribution < 1.29 is 26.5 Å². The minimum Gasteiger partial charge on any atom is -0.380 e. The van der Waals surface area contributed by atoms with Crippen molar-refractivity contribution in [2.75, 3.05) is 19.9 Å². The zero-order chi connectivity index (χ0) is 24.2. The number of halogens is 1. The fraction of sp³-hybridized carbons (Fsp3) is 0.476. The monoisotopic (exact) mass is 482 g/mol. The van der Waals surface area contributed by atoms with Crippen molar-refractivity contribution in [3.05, 3.63) is 57.5 Å². The van der Waals surface area contributed by atoms with E-state index in [0.29, 0.717) is 30.8 Å². The van der Waals surface area contributed by atoms with Gasteiger partial charge in [0.2, 0.25) is 5.75 Å². The Hall–Kier alpha value is -2.83. The molecule has 0 aliphatic carbocycles. The van der Waals surface area contributed by atoms with Crippen molar-refractivity contribution in [2.24, 2.45) is 0 Å². The summed E-state index contributed by atoms with van der Waals surface area (Å²) in [6.07, 6.45) is 1.71. The van der Waals surface area contributed by atoms with Crippen LogP contribution in [0.2, 0.25) is 0 Å². The van der Waals surface area contributed by atoms with Gasteiger partial charge in [-0.25, -0.2) is 9.37 Å². The third kappa shape index (κ3) is 6.15. The smallest absolute Gasteiger partial charge is 0.306 e. The van der Waals surface area contributed by atoms with Crippen LogP contribution in [0.25, 0.3) is 0 Å². The minimum atomic E-state index is -4.13. The Kier molecular flexibility index (Phi) is 7.82. The maximum Gasteiger partial charge on any atom is 0.306 e. The molecule has 0 saturated carbocycles. The summed E-state index contributed by atoms with van der Waals surface area (Å²) in [5, 5.41) is 5.83. The van der Waals surface area contributed by atoms with Crippen LogP contribution in [-0.4, -0.2) is 49.9 Å². The summed E-state index contributed by atoms with van der Waals surface area (Å²) in [5.41, 5.74) is -0.614. The summed E-state index contributed by atoms with van der Waals surface area (Å²) in [4.78, 5) is 30.7. The number of hydrogen-bond donors (Lipinski definition) is 2. The molecule has 1 aliphatic rings. The molecule has 2 heterocycles. The quantitative estimate of drug-likeness (QED) is 0.536. The molecule has 0 radical (unpaired) electrons. The van der Waals surface area contributed by atoms with Gasteiger partial charge in [-0.2, -0.15) is 8.42 Å². The van der Waals surface area contributed by atoms with Gasteiger partial charge < -0.3 is 19.6 Å². The topological polar surface area (TPSA) is 129 Å². The molecule has 10 nitrogen and oxygen atoms in total. The van der Waals surface area contributed by atoms with Gasteiger partial charge in [0.1, 0.15) is 11.6 Å². The second kappa shape index (κ2) is 10.4. The lowest BCUT2D eigenvalue weighted by atomic mass is 10.1. The summed E-state index contributed by atoms with van der Waals surface area (Å²) < 4.78 is 48.5. The number of carbonyl (C=O) groups excluding carboxylic acids is 1. The van der Waals surface area contributed by atoms with E-state index < -0.39 is 38.8 Å². The van der Waals surface area contributed by atoms with Crippen LogP contribution in [0.1, 0.15) is 47.7 Å². The van der Waals surface area contributed by atoms with E-state index in [1.54, 1.807) is 0 Å². The Bertz CT molecular complexity index is 1170. The summed E-state index contributed by atoms with van der Waals surface area (Å²) in [5.74, 6) is -1.58. The molecule has 2 atom stereocenters. The van der Waals surface area contributed by atoms with Crippen LogP contribution >= 0.6 is 0 Å². The number of benzene rings is 1. The Morgan fingerprint density at radius 2 is 1.97 bits per heavy atom. The number of fused-ring (bicyclic) bond motifs is 1. The molecule has 180 valence electrons. The molecule has 33 heavy (non-hydrogen) atoms. The average molecular weight is 483 g/mol. The van der Waals surface area contributed by atoms with Gasteiger partial charge in [0.15, 0.2) is 5.69 Å². The van der Waals surface area contributed by atoms with Crippen molar-refractivity contribution in [3.63, 3.8) is 0 Å². The Labute approximate surface area is 191 Å². The van der Waals surface area contributed by atoms with Crippen molar-refractivity contribution in [2.45, 2.75) is 45.0 Å². The Morgan fingerprint density at radius 1 is 1.27 bits per heavy atom. The van der Waals surface area contributed by atoms with Crippen LogP contribution < -0.4 is 20.4 Å². The van der Waals surface area contributed by atoms with E-state index in [0.717, 1.165) is 6.26 Å². The van der Waals surface area contributed by atoms with E-state index >= 15 is 0 Å². The van der Waals surface area contributed by atoms with E-state index in [1.807, 2.05) is 6.92 Å². The average Bonchev–Trinajstić information content (AvgIpc) is 2.94. The van der Waals surface area contributed by atoms with Gasteiger partial charge >= 0.3 is 10.1 Å². The number of ether oxygens (including phenoxy) is 1. The van der Waals surface area contributed by atoms with E-state index in [-0.39, 0.29) is 25.2 Å². The predicted molar refractivity (Wildman–Crippen MR) is 118 cm³/mol. The SMILES string of the molecule is CCNC1CC[C@H](OC)Cn2c1nc(C(=O)NCc1ccc(F)cc1)c(OS(C)(=O)=O)c2=O. The van der Waals surface area contributed by atoms with Crippen LogP contribution in [0.4, 0.5) is 4.39 Å². The molecule has 1 unspecified atom stereocenters. The molecule has 1 amide bonds. The first-order chi connectivity index (χ1) is 15.6. The highest BCUT2D eigenvalue weighted by Crippen LogP contribution is 2.26. The molecule has 0 fully saturated rings. The maximum absolute atomic E-state index is 13.3. The zero-order valence-corrected chi connectivity index (χ0v) is 19.4. The van der Waals surface area contributed by atoms with E-state index in [4.69, 9.17) is 8.92 Å². The van der Waals surface area contributed by atoms with Crippen molar-refractivity contribution in [1.29, 1.82) is 0 Å². The first kappa shape index (κ1) is 24.8. The molecule has 1 aromatic carbocycles. The number of hydrogen-bond acceptors (Lipinski definition) is 8. The van der Waals surface area contributed by atoms with E-state index in [9.17, 15) is 22.4 Å². The van der Waals surface area contributed by atoms with Gasteiger partial charge in [0.05, 0.1) is 24.9 Å². The second-order valence-electron chi connectivity index (χ2n) is 7.71. The molecular weight excluding hydrogens is 455 g/mol. The number of aromatic nitrogens is 2. The highest BCUT2D eigenvalue weighted by atomic mass is 32.2. The molecule has 0 bridgehead atoms. The number of carbonyl (C=O) groups is 1. The van der Waals surface area contributed by atoms with E-state index in [1.165, 1.54) is 35.9 Å². The number of rotatable bonds is 8. The highest BCUT2D eigenvalue weighted by Gasteiger charge is 2.31. The van der Waals surface area contributed by atoms with Crippen LogP contribution in [0.5, 0.6) is 5.75 Å². The summed E-state index contributed by atoms with van der Waals surface area (Å²) in [6, 6.07) is 5.14. The minimum absolute atomic E-state index is 0.0138. The normalized spacial score (nSPS) is 18.3. The molecule has 0 saturated heterocycles. The standard InChI is InChI=1S/C21H27FN4O6S/c1-4-23-16-10-9-15(31-2)12-26-19(16)25-17(18(21(26)28)32-33(3,29)30)20(27)24-11-13-5-7-14(22)8-6-13/h5-8,15-16,23H,4,9-12H2,1-3H3,(H,24,27)/t15-,16?/m0/s1. The lowest BCUT2D eigenvalue weighted by Crippen LogP contribution is -2.37.